The molecule has 17 heavy (non-hydrogen) atoms. The Morgan fingerprint density at radius 2 is 2.24 bits per heavy atom. The summed E-state index contributed by atoms with van der Waals surface area (Å²) in [5, 5.41) is 8.59. The summed E-state index contributed by atoms with van der Waals surface area (Å²) in [6.07, 6.45) is 0. The molecule has 0 spiro atoms. The molecule has 0 aliphatic carbocycles. The maximum Gasteiger partial charge on any atom is 0.264 e. The average molecular weight is 251 g/mol. The van der Waals surface area contributed by atoms with E-state index in [-0.39, 0.29) is 12.5 Å². The lowest BCUT2D eigenvalue weighted by Gasteiger charge is -2.26. The van der Waals surface area contributed by atoms with Crippen molar-refractivity contribution >= 4 is 17.2 Å². The predicted molar refractivity (Wildman–Crippen MR) is 65.0 cm³/mol. The Balaban J connectivity index is 2.06. The van der Waals surface area contributed by atoms with Crippen LogP contribution in [-0.2, 0) is 4.74 Å². The zero-order valence-electron chi connectivity index (χ0n) is 9.31. The molecule has 0 atom stereocenters. The molecule has 1 aromatic heterocycles. The van der Waals surface area contributed by atoms with Crippen LogP contribution in [0.3, 0.4) is 0 Å². The molecule has 2 rings (SSSR count). The fourth-order valence-electron chi connectivity index (χ4n) is 1.57. The molecular formula is C12H13NO3S. The lowest BCUT2D eigenvalue weighted by Crippen LogP contribution is -2.40. The van der Waals surface area contributed by atoms with E-state index in [1.54, 1.807) is 17.0 Å². The molecule has 1 saturated heterocycles. The molecule has 0 unspecified atom stereocenters. The summed E-state index contributed by atoms with van der Waals surface area (Å²) in [6.45, 7) is 2.34. The molecule has 1 fully saturated rings. The minimum atomic E-state index is -0.162. The van der Waals surface area contributed by atoms with Crippen LogP contribution in [-0.4, -0.2) is 48.8 Å². The van der Waals surface area contributed by atoms with Crippen molar-refractivity contribution in [3.63, 3.8) is 0 Å². The molecule has 1 N–H and O–H groups in total. The van der Waals surface area contributed by atoms with Crippen molar-refractivity contribution in [3.8, 4) is 11.8 Å². The van der Waals surface area contributed by atoms with Crippen LogP contribution in [0.4, 0.5) is 0 Å². The normalized spacial score (nSPS) is 15.2. The molecule has 0 saturated carbocycles. The molecule has 1 amide bonds. The van der Waals surface area contributed by atoms with Gasteiger partial charge in [-0.1, -0.05) is 11.8 Å². The number of morpholine rings is 1. The summed E-state index contributed by atoms with van der Waals surface area (Å²) in [5.74, 6) is 5.40. The lowest BCUT2D eigenvalue weighted by molar-refractivity contribution is 0.0306. The average Bonchev–Trinajstić information content (AvgIpc) is 2.85. The van der Waals surface area contributed by atoms with Crippen LogP contribution in [0.1, 0.15) is 14.5 Å². The van der Waals surface area contributed by atoms with Crippen molar-refractivity contribution in [3.05, 3.63) is 21.9 Å². The predicted octanol–water partition coefficient (Wildman–Crippen LogP) is 0.564. The zero-order chi connectivity index (χ0) is 12.1. The Labute approximate surface area is 104 Å². The van der Waals surface area contributed by atoms with E-state index >= 15 is 0 Å². The number of nitrogens with zero attached hydrogens (tertiary/aromatic N) is 1. The summed E-state index contributed by atoms with van der Waals surface area (Å²) in [4.78, 5) is 15.4. The van der Waals surface area contributed by atoms with Crippen LogP contribution in [0.25, 0.3) is 0 Å². The number of thiophene rings is 1. The number of aliphatic hydroxyl groups excluding tert-OH is 1. The van der Waals surface area contributed by atoms with Gasteiger partial charge in [-0.2, -0.15) is 0 Å². The maximum absolute atomic E-state index is 12.1. The number of carbonyl (C=O) groups is 1. The Bertz CT molecular complexity index is 452. The molecule has 90 valence electrons. The highest BCUT2D eigenvalue weighted by atomic mass is 32.1. The van der Waals surface area contributed by atoms with E-state index in [1.165, 1.54) is 11.3 Å². The van der Waals surface area contributed by atoms with E-state index in [2.05, 4.69) is 11.8 Å². The lowest BCUT2D eigenvalue weighted by atomic mass is 10.3. The van der Waals surface area contributed by atoms with Gasteiger partial charge in [0.2, 0.25) is 0 Å². The molecule has 1 aromatic rings. The highest BCUT2D eigenvalue weighted by molar-refractivity contribution is 7.14. The fraction of sp³-hybridized carbons (Fsp3) is 0.417. The molecule has 4 nitrogen and oxygen atoms in total. The second-order valence-corrected chi connectivity index (χ2v) is 4.61. The van der Waals surface area contributed by atoms with E-state index < -0.39 is 0 Å². The number of carbonyl (C=O) groups excluding carboxylic acids is 1. The Morgan fingerprint density at radius 3 is 2.94 bits per heavy atom. The summed E-state index contributed by atoms with van der Waals surface area (Å²) >= 11 is 1.36. The van der Waals surface area contributed by atoms with Crippen molar-refractivity contribution in [1.82, 2.24) is 4.90 Å². The van der Waals surface area contributed by atoms with Crippen LogP contribution in [0.5, 0.6) is 0 Å². The van der Waals surface area contributed by atoms with Gasteiger partial charge in [-0.15, -0.1) is 11.3 Å². The van der Waals surface area contributed by atoms with Crippen LogP contribution in [0.15, 0.2) is 12.1 Å². The van der Waals surface area contributed by atoms with Gasteiger partial charge in [0.05, 0.1) is 23.0 Å². The maximum atomic E-state index is 12.1. The van der Waals surface area contributed by atoms with E-state index in [0.717, 1.165) is 4.88 Å². The smallest absolute Gasteiger partial charge is 0.264 e. The number of aliphatic hydroxyl groups is 1. The summed E-state index contributed by atoms with van der Waals surface area (Å²) in [6, 6.07) is 3.59. The van der Waals surface area contributed by atoms with Gasteiger partial charge in [-0.25, -0.2) is 0 Å². The van der Waals surface area contributed by atoms with Crippen molar-refractivity contribution in [2.75, 3.05) is 32.9 Å². The molecule has 5 heteroatoms. The summed E-state index contributed by atoms with van der Waals surface area (Å²) in [7, 11) is 0. The van der Waals surface area contributed by atoms with Crippen molar-refractivity contribution in [1.29, 1.82) is 0 Å². The van der Waals surface area contributed by atoms with E-state index in [9.17, 15) is 4.79 Å². The molecule has 0 radical (unpaired) electrons. The van der Waals surface area contributed by atoms with Crippen LogP contribution < -0.4 is 0 Å². The SMILES string of the molecule is O=C(c1ccc(C#CCO)s1)N1CCOCC1. The second kappa shape index (κ2) is 5.82. The van der Waals surface area contributed by atoms with Crippen LogP contribution in [0.2, 0.25) is 0 Å². The third-order valence-corrected chi connectivity index (χ3v) is 3.39. The quantitative estimate of drug-likeness (QED) is 0.742. The van der Waals surface area contributed by atoms with Gasteiger partial charge in [0.25, 0.3) is 5.91 Å². The van der Waals surface area contributed by atoms with E-state index in [1.807, 2.05) is 0 Å². The molecule has 0 bridgehead atoms. The first-order valence-electron chi connectivity index (χ1n) is 5.38. The summed E-state index contributed by atoms with van der Waals surface area (Å²) in [5.41, 5.74) is 0. The van der Waals surface area contributed by atoms with Gasteiger partial charge in [0, 0.05) is 13.1 Å². The monoisotopic (exact) mass is 251 g/mol. The van der Waals surface area contributed by atoms with E-state index in [4.69, 9.17) is 9.84 Å². The number of rotatable bonds is 1. The first-order chi connectivity index (χ1) is 8.31. The van der Waals surface area contributed by atoms with Crippen molar-refractivity contribution in [2.24, 2.45) is 0 Å². The van der Waals surface area contributed by atoms with Crippen molar-refractivity contribution in [2.45, 2.75) is 0 Å². The largest absolute Gasteiger partial charge is 0.384 e. The Kier molecular flexibility index (Phi) is 4.15. The number of hydrogen-bond acceptors (Lipinski definition) is 4. The first-order valence-corrected chi connectivity index (χ1v) is 6.19. The van der Waals surface area contributed by atoms with Gasteiger partial charge in [0.15, 0.2) is 0 Å². The van der Waals surface area contributed by atoms with E-state index in [0.29, 0.717) is 31.2 Å². The molecular weight excluding hydrogens is 238 g/mol. The molecule has 1 aliphatic rings. The Morgan fingerprint density at radius 1 is 1.47 bits per heavy atom. The number of hydrogen-bond donors (Lipinski definition) is 1. The Hall–Kier alpha value is -1.35. The molecule has 1 aliphatic heterocycles. The third kappa shape index (κ3) is 3.07. The highest BCUT2D eigenvalue weighted by Crippen LogP contribution is 2.18. The van der Waals surface area contributed by atoms with Gasteiger partial charge < -0.3 is 14.7 Å². The molecule has 0 aromatic carbocycles. The summed E-state index contributed by atoms with van der Waals surface area (Å²) < 4.78 is 5.20. The van der Waals surface area contributed by atoms with Gasteiger partial charge in [0.1, 0.15) is 6.61 Å². The first kappa shape index (κ1) is 12.1. The minimum Gasteiger partial charge on any atom is -0.384 e. The zero-order valence-corrected chi connectivity index (χ0v) is 10.1. The van der Waals surface area contributed by atoms with Crippen molar-refractivity contribution < 1.29 is 14.6 Å². The van der Waals surface area contributed by atoms with Crippen LogP contribution >= 0.6 is 11.3 Å². The fourth-order valence-corrected chi connectivity index (χ4v) is 2.42. The topological polar surface area (TPSA) is 49.8 Å². The molecule has 2 heterocycles. The van der Waals surface area contributed by atoms with Gasteiger partial charge >= 0.3 is 0 Å². The third-order valence-electron chi connectivity index (χ3n) is 2.41. The van der Waals surface area contributed by atoms with Crippen LogP contribution in [0, 0.1) is 11.8 Å². The standard InChI is InChI=1S/C12H13NO3S/c14-7-1-2-10-3-4-11(17-10)12(15)13-5-8-16-9-6-13/h3-4,14H,5-9H2. The van der Waals surface area contributed by atoms with Gasteiger partial charge in [-0.3, -0.25) is 4.79 Å². The number of ether oxygens (including phenoxy) is 1. The highest BCUT2D eigenvalue weighted by Gasteiger charge is 2.19. The van der Waals surface area contributed by atoms with Gasteiger partial charge in [-0.05, 0) is 12.1 Å². The second-order valence-electron chi connectivity index (χ2n) is 3.53. The minimum absolute atomic E-state index is 0.0374. The number of amides is 1.